The number of hydrogen-bond donors (Lipinski definition) is 2. The average Bonchev–Trinajstić information content (AvgIpc) is 2.68. The molecule has 0 aromatic heterocycles. The number of rotatable bonds is 7. The Labute approximate surface area is 157 Å². The Bertz CT molecular complexity index is 912. The summed E-state index contributed by atoms with van der Waals surface area (Å²) in [6.07, 6.45) is -0.0101. The number of amides is 1. The average molecular weight is 392 g/mol. The van der Waals surface area contributed by atoms with Crippen molar-refractivity contribution in [3.05, 3.63) is 42.5 Å². The first kappa shape index (κ1) is 19.0. The summed E-state index contributed by atoms with van der Waals surface area (Å²) < 4.78 is 42.7. The lowest BCUT2D eigenvalue weighted by atomic mass is 10.2. The molecule has 144 valence electrons. The summed E-state index contributed by atoms with van der Waals surface area (Å²) in [6.45, 7) is 0.926. The Hall–Kier alpha value is -2.78. The molecule has 0 atom stereocenters. The van der Waals surface area contributed by atoms with Gasteiger partial charge in [-0.3, -0.25) is 4.79 Å². The van der Waals surface area contributed by atoms with Crippen molar-refractivity contribution in [1.29, 1.82) is 0 Å². The van der Waals surface area contributed by atoms with Crippen molar-refractivity contribution in [3.63, 3.8) is 0 Å². The van der Waals surface area contributed by atoms with Crippen LogP contribution in [0.1, 0.15) is 6.42 Å². The normalized spacial score (nSPS) is 13.1. The summed E-state index contributed by atoms with van der Waals surface area (Å²) in [5.74, 6) is 1.45. The zero-order valence-corrected chi connectivity index (χ0v) is 15.5. The molecule has 0 bridgehead atoms. The molecule has 1 aliphatic heterocycles. The number of nitrogens with one attached hydrogen (secondary N) is 2. The van der Waals surface area contributed by atoms with E-state index in [1.165, 1.54) is 19.2 Å². The number of carbonyl (C=O) groups is 1. The number of anilines is 1. The number of hydrogen-bond acceptors (Lipinski definition) is 6. The van der Waals surface area contributed by atoms with Gasteiger partial charge in [0.25, 0.3) is 0 Å². The van der Waals surface area contributed by atoms with Crippen molar-refractivity contribution in [2.24, 2.45) is 0 Å². The second-order valence-corrected chi connectivity index (χ2v) is 7.50. The SMILES string of the molecule is COc1ccc(S(=O)(=O)NCCC(=O)Nc2ccc3c(c2)OCCO3)cc1. The Morgan fingerprint density at radius 1 is 1.07 bits per heavy atom. The van der Waals surface area contributed by atoms with Crippen molar-refractivity contribution in [2.45, 2.75) is 11.3 Å². The van der Waals surface area contributed by atoms with Gasteiger partial charge in [0.1, 0.15) is 19.0 Å². The van der Waals surface area contributed by atoms with Crippen LogP contribution in [0, 0.1) is 0 Å². The molecule has 0 radical (unpaired) electrons. The number of benzene rings is 2. The number of carbonyl (C=O) groups excluding carboxylic acids is 1. The van der Waals surface area contributed by atoms with Gasteiger partial charge in [0.2, 0.25) is 15.9 Å². The lowest BCUT2D eigenvalue weighted by molar-refractivity contribution is -0.116. The van der Waals surface area contributed by atoms with E-state index in [1.807, 2.05) is 0 Å². The van der Waals surface area contributed by atoms with Crippen molar-refractivity contribution in [3.8, 4) is 17.2 Å². The first-order valence-corrected chi connectivity index (χ1v) is 9.79. The number of ether oxygens (including phenoxy) is 3. The van der Waals surface area contributed by atoms with Gasteiger partial charge < -0.3 is 19.5 Å². The van der Waals surface area contributed by atoms with Crippen molar-refractivity contribution in [2.75, 3.05) is 32.2 Å². The fourth-order valence-corrected chi connectivity index (χ4v) is 3.51. The molecule has 0 saturated heterocycles. The lowest BCUT2D eigenvalue weighted by Gasteiger charge is -2.19. The Morgan fingerprint density at radius 3 is 2.48 bits per heavy atom. The molecule has 2 aromatic carbocycles. The summed E-state index contributed by atoms with van der Waals surface area (Å²) in [5.41, 5.74) is 0.558. The first-order valence-electron chi connectivity index (χ1n) is 8.31. The maximum atomic E-state index is 12.2. The Balaban J connectivity index is 1.51. The van der Waals surface area contributed by atoms with Gasteiger partial charge in [-0.15, -0.1) is 0 Å². The quantitative estimate of drug-likeness (QED) is 0.745. The smallest absolute Gasteiger partial charge is 0.240 e. The molecule has 0 aliphatic carbocycles. The van der Waals surface area contributed by atoms with E-state index in [4.69, 9.17) is 14.2 Å². The van der Waals surface area contributed by atoms with E-state index in [0.29, 0.717) is 36.1 Å². The molecule has 27 heavy (non-hydrogen) atoms. The monoisotopic (exact) mass is 392 g/mol. The maximum Gasteiger partial charge on any atom is 0.240 e. The highest BCUT2D eigenvalue weighted by atomic mass is 32.2. The van der Waals surface area contributed by atoms with Crippen LogP contribution in [0.3, 0.4) is 0 Å². The molecule has 3 rings (SSSR count). The second-order valence-electron chi connectivity index (χ2n) is 5.73. The van der Waals surface area contributed by atoms with Crippen LogP contribution in [0.25, 0.3) is 0 Å². The van der Waals surface area contributed by atoms with Gasteiger partial charge in [0.15, 0.2) is 11.5 Å². The van der Waals surface area contributed by atoms with E-state index in [-0.39, 0.29) is 23.8 Å². The molecule has 1 aliphatic rings. The van der Waals surface area contributed by atoms with Crippen LogP contribution in [0.2, 0.25) is 0 Å². The minimum absolute atomic E-state index is 0.0101. The van der Waals surface area contributed by atoms with Crippen LogP contribution in [0.4, 0.5) is 5.69 Å². The fourth-order valence-electron chi connectivity index (χ4n) is 2.48. The topological polar surface area (TPSA) is 103 Å². The molecular formula is C18H20N2O6S. The third-order valence-corrected chi connectivity index (χ3v) is 5.32. The van der Waals surface area contributed by atoms with E-state index in [9.17, 15) is 13.2 Å². The fraction of sp³-hybridized carbons (Fsp3) is 0.278. The highest BCUT2D eigenvalue weighted by molar-refractivity contribution is 7.89. The molecule has 1 amide bonds. The standard InChI is InChI=1S/C18H20N2O6S/c1-24-14-3-5-15(6-4-14)27(22,23)19-9-8-18(21)20-13-2-7-16-17(12-13)26-11-10-25-16/h2-7,12,19H,8-11H2,1H3,(H,20,21). The second kappa shape index (κ2) is 8.28. The molecule has 0 fully saturated rings. The van der Waals surface area contributed by atoms with Crippen LogP contribution in [0.5, 0.6) is 17.2 Å². The molecule has 2 N–H and O–H groups in total. The zero-order valence-electron chi connectivity index (χ0n) is 14.7. The first-order chi connectivity index (χ1) is 13.0. The van der Waals surface area contributed by atoms with Gasteiger partial charge in [0, 0.05) is 24.7 Å². The van der Waals surface area contributed by atoms with Crippen molar-refractivity contribution >= 4 is 21.6 Å². The molecule has 0 saturated carbocycles. The van der Waals surface area contributed by atoms with E-state index in [1.54, 1.807) is 30.3 Å². The maximum absolute atomic E-state index is 12.2. The van der Waals surface area contributed by atoms with Gasteiger partial charge in [-0.1, -0.05) is 0 Å². The third-order valence-electron chi connectivity index (χ3n) is 3.84. The number of fused-ring (bicyclic) bond motifs is 1. The summed E-state index contributed by atoms with van der Waals surface area (Å²) in [6, 6.07) is 11.1. The van der Waals surface area contributed by atoms with Crippen LogP contribution < -0.4 is 24.2 Å². The van der Waals surface area contributed by atoms with Gasteiger partial charge in [-0.25, -0.2) is 13.1 Å². The largest absolute Gasteiger partial charge is 0.497 e. The summed E-state index contributed by atoms with van der Waals surface area (Å²) >= 11 is 0. The van der Waals surface area contributed by atoms with Gasteiger partial charge in [-0.05, 0) is 36.4 Å². The third kappa shape index (κ3) is 4.89. The minimum Gasteiger partial charge on any atom is -0.497 e. The van der Waals surface area contributed by atoms with Crippen LogP contribution in [-0.2, 0) is 14.8 Å². The minimum atomic E-state index is -3.69. The molecule has 0 unspecified atom stereocenters. The molecule has 1 heterocycles. The van der Waals surface area contributed by atoms with Crippen LogP contribution in [0.15, 0.2) is 47.4 Å². The molecule has 8 nitrogen and oxygen atoms in total. The predicted octanol–water partition coefficient (Wildman–Crippen LogP) is 1.77. The predicted molar refractivity (Wildman–Crippen MR) is 98.9 cm³/mol. The van der Waals surface area contributed by atoms with E-state index in [2.05, 4.69) is 10.0 Å². The van der Waals surface area contributed by atoms with E-state index in [0.717, 1.165) is 0 Å². The Morgan fingerprint density at radius 2 is 1.78 bits per heavy atom. The van der Waals surface area contributed by atoms with Crippen molar-refractivity contribution in [1.82, 2.24) is 4.72 Å². The van der Waals surface area contributed by atoms with Crippen LogP contribution in [-0.4, -0.2) is 41.2 Å². The van der Waals surface area contributed by atoms with Gasteiger partial charge >= 0.3 is 0 Å². The summed E-state index contributed by atoms with van der Waals surface area (Å²) in [5, 5.41) is 2.71. The molecule has 0 spiro atoms. The molecule has 9 heteroatoms. The van der Waals surface area contributed by atoms with Gasteiger partial charge in [0.05, 0.1) is 12.0 Å². The summed E-state index contributed by atoms with van der Waals surface area (Å²) in [4.78, 5) is 12.2. The lowest BCUT2D eigenvalue weighted by Crippen LogP contribution is -2.27. The van der Waals surface area contributed by atoms with Crippen molar-refractivity contribution < 1.29 is 27.4 Å². The molecular weight excluding hydrogens is 372 g/mol. The number of sulfonamides is 1. The Kier molecular flexibility index (Phi) is 5.82. The van der Waals surface area contributed by atoms with E-state index >= 15 is 0 Å². The summed E-state index contributed by atoms with van der Waals surface area (Å²) in [7, 11) is -2.19. The molecule has 2 aromatic rings. The highest BCUT2D eigenvalue weighted by Crippen LogP contribution is 2.32. The number of methoxy groups -OCH3 is 1. The van der Waals surface area contributed by atoms with Gasteiger partial charge in [-0.2, -0.15) is 0 Å². The van der Waals surface area contributed by atoms with E-state index < -0.39 is 10.0 Å². The highest BCUT2D eigenvalue weighted by Gasteiger charge is 2.15. The van der Waals surface area contributed by atoms with Crippen LogP contribution >= 0.6 is 0 Å². The zero-order chi connectivity index (χ0) is 19.3.